The smallest absolute Gasteiger partial charge is 0.252 e. The lowest BCUT2D eigenvalue weighted by Gasteiger charge is -2.16. The minimum atomic E-state index is 0.0428. The number of hydrogen-bond donors (Lipinski definition) is 1. The molecule has 0 fully saturated rings. The predicted molar refractivity (Wildman–Crippen MR) is 85.6 cm³/mol. The Morgan fingerprint density at radius 2 is 1.95 bits per heavy atom. The Kier molecular flexibility index (Phi) is 4.96. The van der Waals surface area contributed by atoms with E-state index in [0.717, 1.165) is 16.9 Å². The summed E-state index contributed by atoms with van der Waals surface area (Å²) in [6.45, 7) is 6.88. The van der Waals surface area contributed by atoms with Crippen molar-refractivity contribution < 1.29 is 4.79 Å². The molecule has 1 N–H and O–H groups in total. The molecule has 1 atom stereocenters. The standard InChI is InChI=1S/C17H21NOS/c1-4-14(15-8-6-5-7-9-15)11-18-17(19)16-10-12(2)20-13(16)3/h5-10,14H,4,11H2,1-3H3,(H,18,19). The molecule has 0 aliphatic rings. The molecule has 0 saturated carbocycles. The van der Waals surface area contributed by atoms with E-state index in [1.807, 2.05) is 38.1 Å². The van der Waals surface area contributed by atoms with Gasteiger partial charge >= 0.3 is 0 Å². The zero-order chi connectivity index (χ0) is 14.5. The minimum absolute atomic E-state index is 0.0428. The molecule has 0 aliphatic heterocycles. The molecule has 0 bridgehead atoms. The third kappa shape index (κ3) is 3.48. The van der Waals surface area contributed by atoms with Crippen molar-refractivity contribution in [1.82, 2.24) is 5.32 Å². The maximum Gasteiger partial charge on any atom is 0.252 e. The summed E-state index contributed by atoms with van der Waals surface area (Å²) in [7, 11) is 0. The molecule has 1 amide bonds. The lowest BCUT2D eigenvalue weighted by atomic mass is 9.96. The number of amides is 1. The van der Waals surface area contributed by atoms with E-state index in [0.29, 0.717) is 12.5 Å². The van der Waals surface area contributed by atoms with Gasteiger partial charge in [-0.1, -0.05) is 37.3 Å². The average molecular weight is 287 g/mol. The van der Waals surface area contributed by atoms with Crippen LogP contribution in [-0.4, -0.2) is 12.5 Å². The molecular formula is C17H21NOS. The molecule has 0 spiro atoms. The van der Waals surface area contributed by atoms with Crippen molar-refractivity contribution in [3.63, 3.8) is 0 Å². The van der Waals surface area contributed by atoms with Gasteiger partial charge in [0.15, 0.2) is 0 Å². The zero-order valence-corrected chi connectivity index (χ0v) is 13.1. The number of carbonyl (C=O) groups excluding carboxylic acids is 1. The molecule has 20 heavy (non-hydrogen) atoms. The first-order valence-corrected chi connectivity index (χ1v) is 7.83. The van der Waals surface area contributed by atoms with Gasteiger partial charge in [-0.3, -0.25) is 4.79 Å². The molecule has 0 aliphatic carbocycles. The van der Waals surface area contributed by atoms with Crippen LogP contribution in [0.4, 0.5) is 0 Å². The van der Waals surface area contributed by atoms with Crippen molar-refractivity contribution in [2.75, 3.05) is 6.54 Å². The lowest BCUT2D eigenvalue weighted by Crippen LogP contribution is -2.28. The van der Waals surface area contributed by atoms with Crippen LogP contribution in [0.3, 0.4) is 0 Å². The number of aryl methyl sites for hydroxylation is 2. The molecule has 1 aromatic carbocycles. The van der Waals surface area contributed by atoms with E-state index in [1.165, 1.54) is 10.4 Å². The number of benzene rings is 1. The molecule has 2 aromatic rings. The van der Waals surface area contributed by atoms with Crippen LogP contribution in [-0.2, 0) is 0 Å². The topological polar surface area (TPSA) is 29.1 Å². The molecule has 1 unspecified atom stereocenters. The third-order valence-electron chi connectivity index (χ3n) is 3.56. The van der Waals surface area contributed by atoms with Gasteiger partial charge in [-0.15, -0.1) is 11.3 Å². The highest BCUT2D eigenvalue weighted by Gasteiger charge is 2.14. The van der Waals surface area contributed by atoms with Gasteiger partial charge in [-0.05, 0) is 31.9 Å². The van der Waals surface area contributed by atoms with Gasteiger partial charge in [0.25, 0.3) is 5.91 Å². The summed E-state index contributed by atoms with van der Waals surface area (Å²) in [6.07, 6.45) is 1.02. The third-order valence-corrected chi connectivity index (χ3v) is 4.52. The second-order valence-corrected chi connectivity index (χ2v) is 6.51. The first-order chi connectivity index (χ1) is 9.61. The van der Waals surface area contributed by atoms with E-state index in [1.54, 1.807) is 11.3 Å². The van der Waals surface area contributed by atoms with Gasteiger partial charge in [-0.25, -0.2) is 0 Å². The van der Waals surface area contributed by atoms with E-state index >= 15 is 0 Å². The Hall–Kier alpha value is -1.61. The molecule has 3 heteroatoms. The van der Waals surface area contributed by atoms with Crippen LogP contribution in [0.2, 0.25) is 0 Å². The van der Waals surface area contributed by atoms with Crippen molar-refractivity contribution in [2.24, 2.45) is 0 Å². The van der Waals surface area contributed by atoms with Crippen LogP contribution < -0.4 is 5.32 Å². The van der Waals surface area contributed by atoms with Crippen LogP contribution in [0.1, 0.15) is 44.9 Å². The summed E-state index contributed by atoms with van der Waals surface area (Å²) in [5, 5.41) is 3.07. The van der Waals surface area contributed by atoms with E-state index in [4.69, 9.17) is 0 Å². The lowest BCUT2D eigenvalue weighted by molar-refractivity contribution is 0.0951. The van der Waals surface area contributed by atoms with Gasteiger partial charge in [0, 0.05) is 22.2 Å². The normalized spacial score (nSPS) is 12.2. The van der Waals surface area contributed by atoms with Gasteiger partial charge < -0.3 is 5.32 Å². The number of hydrogen-bond acceptors (Lipinski definition) is 2. The second-order valence-electron chi connectivity index (χ2n) is 5.05. The monoisotopic (exact) mass is 287 g/mol. The van der Waals surface area contributed by atoms with Crippen molar-refractivity contribution in [1.29, 1.82) is 0 Å². The average Bonchev–Trinajstić information content (AvgIpc) is 2.79. The fraction of sp³-hybridized carbons (Fsp3) is 0.353. The molecule has 1 aromatic heterocycles. The Morgan fingerprint density at radius 1 is 1.25 bits per heavy atom. The summed E-state index contributed by atoms with van der Waals surface area (Å²) < 4.78 is 0. The largest absolute Gasteiger partial charge is 0.351 e. The van der Waals surface area contributed by atoms with Crippen LogP contribution in [0.15, 0.2) is 36.4 Å². The Labute approximate surface area is 124 Å². The van der Waals surface area contributed by atoms with Crippen molar-refractivity contribution >= 4 is 17.2 Å². The summed E-state index contributed by atoms with van der Waals surface area (Å²) in [5.74, 6) is 0.418. The van der Waals surface area contributed by atoms with Gasteiger partial charge in [0.1, 0.15) is 0 Å². The Balaban J connectivity index is 2.00. The number of thiophene rings is 1. The van der Waals surface area contributed by atoms with Crippen LogP contribution >= 0.6 is 11.3 Å². The minimum Gasteiger partial charge on any atom is -0.351 e. The number of rotatable bonds is 5. The van der Waals surface area contributed by atoms with Crippen molar-refractivity contribution in [3.05, 3.63) is 57.3 Å². The molecule has 1 heterocycles. The SMILES string of the molecule is CCC(CNC(=O)c1cc(C)sc1C)c1ccccc1. The van der Waals surface area contributed by atoms with Crippen molar-refractivity contribution in [2.45, 2.75) is 33.1 Å². The van der Waals surface area contributed by atoms with Crippen LogP contribution in [0.25, 0.3) is 0 Å². The first kappa shape index (κ1) is 14.8. The summed E-state index contributed by atoms with van der Waals surface area (Å²) in [4.78, 5) is 14.5. The van der Waals surface area contributed by atoms with Crippen molar-refractivity contribution in [3.8, 4) is 0 Å². The van der Waals surface area contributed by atoms with Gasteiger partial charge in [-0.2, -0.15) is 0 Å². The zero-order valence-electron chi connectivity index (χ0n) is 12.3. The maximum atomic E-state index is 12.2. The van der Waals surface area contributed by atoms with Gasteiger partial charge in [0.05, 0.1) is 5.56 Å². The summed E-state index contributed by atoms with van der Waals surface area (Å²) >= 11 is 1.67. The fourth-order valence-corrected chi connectivity index (χ4v) is 3.31. The quantitative estimate of drug-likeness (QED) is 0.873. The Bertz CT molecular complexity index is 574. The highest BCUT2D eigenvalue weighted by Crippen LogP contribution is 2.21. The van der Waals surface area contributed by atoms with Crippen LogP contribution in [0, 0.1) is 13.8 Å². The fourth-order valence-electron chi connectivity index (χ4n) is 2.39. The highest BCUT2D eigenvalue weighted by molar-refractivity contribution is 7.12. The molecular weight excluding hydrogens is 266 g/mol. The number of carbonyl (C=O) groups is 1. The van der Waals surface area contributed by atoms with E-state index in [-0.39, 0.29) is 5.91 Å². The van der Waals surface area contributed by atoms with E-state index in [9.17, 15) is 4.79 Å². The van der Waals surface area contributed by atoms with Crippen LogP contribution in [0.5, 0.6) is 0 Å². The van der Waals surface area contributed by atoms with E-state index < -0.39 is 0 Å². The number of nitrogens with one attached hydrogen (secondary N) is 1. The van der Waals surface area contributed by atoms with Gasteiger partial charge in [0.2, 0.25) is 0 Å². The molecule has 106 valence electrons. The highest BCUT2D eigenvalue weighted by atomic mass is 32.1. The molecule has 0 radical (unpaired) electrons. The Morgan fingerprint density at radius 3 is 2.50 bits per heavy atom. The van der Waals surface area contributed by atoms with E-state index in [2.05, 4.69) is 24.4 Å². The summed E-state index contributed by atoms with van der Waals surface area (Å²) in [6, 6.07) is 12.3. The second kappa shape index (κ2) is 6.71. The molecule has 2 nitrogen and oxygen atoms in total. The maximum absolute atomic E-state index is 12.2. The first-order valence-electron chi connectivity index (χ1n) is 7.02. The molecule has 0 saturated heterocycles. The molecule has 2 rings (SSSR count). The summed E-state index contributed by atoms with van der Waals surface area (Å²) in [5.41, 5.74) is 2.10. The predicted octanol–water partition coefficient (Wildman–Crippen LogP) is 4.29.